The number of carbonyl (C=O) groups is 2. The van der Waals surface area contributed by atoms with E-state index < -0.39 is 5.97 Å². The number of rotatable bonds is 7. The van der Waals surface area contributed by atoms with Gasteiger partial charge in [-0.2, -0.15) is 0 Å². The molecule has 6 heteroatoms. The van der Waals surface area contributed by atoms with Crippen LogP contribution < -0.4 is 5.32 Å². The number of benzene rings is 1. The van der Waals surface area contributed by atoms with Crippen LogP contribution in [0, 0.1) is 6.92 Å². The molecule has 0 aliphatic rings. The smallest absolute Gasteiger partial charge is 0.317 e. The zero-order valence-corrected chi connectivity index (χ0v) is 12.4. The number of anilines is 1. The fourth-order valence-electron chi connectivity index (χ4n) is 1.84. The molecule has 0 atom stereocenters. The molecule has 0 fully saturated rings. The van der Waals surface area contributed by atoms with Crippen molar-refractivity contribution in [3.63, 3.8) is 0 Å². The van der Waals surface area contributed by atoms with Crippen molar-refractivity contribution in [3.8, 4) is 0 Å². The van der Waals surface area contributed by atoms with E-state index >= 15 is 0 Å². The molecule has 0 aliphatic carbocycles. The van der Waals surface area contributed by atoms with Crippen molar-refractivity contribution in [2.24, 2.45) is 0 Å². The molecule has 0 spiro atoms. The SMILES string of the molecule is CCCN(CC(=O)O)CC(=O)Nc1ccc(C)cc1Cl. The Labute approximate surface area is 123 Å². The van der Waals surface area contributed by atoms with Crippen LogP contribution in [-0.2, 0) is 9.59 Å². The Hall–Kier alpha value is -1.59. The summed E-state index contributed by atoms with van der Waals surface area (Å²) in [6.45, 7) is 4.28. The van der Waals surface area contributed by atoms with Gasteiger partial charge in [-0.05, 0) is 37.6 Å². The van der Waals surface area contributed by atoms with E-state index in [1.54, 1.807) is 17.0 Å². The van der Waals surface area contributed by atoms with E-state index in [9.17, 15) is 9.59 Å². The zero-order chi connectivity index (χ0) is 15.1. The first-order valence-electron chi connectivity index (χ1n) is 6.42. The molecule has 0 heterocycles. The van der Waals surface area contributed by atoms with Crippen LogP contribution in [0.25, 0.3) is 0 Å². The fraction of sp³-hybridized carbons (Fsp3) is 0.429. The summed E-state index contributed by atoms with van der Waals surface area (Å²) in [5, 5.41) is 12.0. The molecule has 2 N–H and O–H groups in total. The molecule has 20 heavy (non-hydrogen) atoms. The number of hydrogen-bond donors (Lipinski definition) is 2. The molecule has 0 saturated carbocycles. The van der Waals surface area contributed by atoms with Crippen LogP contribution in [0.4, 0.5) is 5.69 Å². The van der Waals surface area contributed by atoms with Gasteiger partial charge in [-0.3, -0.25) is 14.5 Å². The maximum Gasteiger partial charge on any atom is 0.317 e. The number of aryl methyl sites for hydroxylation is 1. The van der Waals surface area contributed by atoms with Crippen LogP contribution in [0.5, 0.6) is 0 Å². The fourth-order valence-corrected chi connectivity index (χ4v) is 2.12. The molecule has 110 valence electrons. The molecule has 1 aromatic rings. The Morgan fingerprint density at radius 3 is 2.60 bits per heavy atom. The maximum absolute atomic E-state index is 11.9. The van der Waals surface area contributed by atoms with Gasteiger partial charge in [0.05, 0.1) is 23.8 Å². The monoisotopic (exact) mass is 298 g/mol. The van der Waals surface area contributed by atoms with Crippen LogP contribution >= 0.6 is 11.6 Å². The molecule has 1 aromatic carbocycles. The molecule has 0 bridgehead atoms. The van der Waals surface area contributed by atoms with Crippen LogP contribution in [0.15, 0.2) is 18.2 Å². The second-order valence-corrected chi connectivity index (χ2v) is 5.04. The number of hydrogen-bond acceptors (Lipinski definition) is 3. The molecule has 1 amide bonds. The average molecular weight is 299 g/mol. The van der Waals surface area contributed by atoms with Crippen LogP contribution in [0.2, 0.25) is 5.02 Å². The average Bonchev–Trinajstić information content (AvgIpc) is 2.32. The third kappa shape index (κ3) is 5.59. The number of nitrogens with one attached hydrogen (secondary N) is 1. The minimum absolute atomic E-state index is 0.0321. The topological polar surface area (TPSA) is 69.6 Å². The van der Waals surface area contributed by atoms with Gasteiger partial charge in [0.1, 0.15) is 0 Å². The molecule has 0 radical (unpaired) electrons. The summed E-state index contributed by atoms with van der Waals surface area (Å²) in [7, 11) is 0. The predicted molar refractivity (Wildman–Crippen MR) is 79.2 cm³/mol. The van der Waals surface area contributed by atoms with Crippen molar-refractivity contribution in [2.45, 2.75) is 20.3 Å². The predicted octanol–water partition coefficient (Wildman–Crippen LogP) is 2.38. The van der Waals surface area contributed by atoms with Crippen LogP contribution in [0.3, 0.4) is 0 Å². The van der Waals surface area contributed by atoms with Gasteiger partial charge in [-0.15, -0.1) is 0 Å². The zero-order valence-electron chi connectivity index (χ0n) is 11.6. The Balaban J connectivity index is 2.62. The van der Waals surface area contributed by atoms with Crippen molar-refractivity contribution in [1.29, 1.82) is 0 Å². The number of aliphatic carboxylic acids is 1. The van der Waals surface area contributed by atoms with E-state index in [-0.39, 0.29) is 19.0 Å². The molecule has 0 unspecified atom stereocenters. The van der Waals surface area contributed by atoms with Crippen molar-refractivity contribution in [1.82, 2.24) is 4.90 Å². The molecule has 0 saturated heterocycles. The summed E-state index contributed by atoms with van der Waals surface area (Å²) in [4.78, 5) is 24.2. The highest BCUT2D eigenvalue weighted by molar-refractivity contribution is 6.33. The van der Waals surface area contributed by atoms with Crippen molar-refractivity contribution >= 4 is 29.2 Å². The van der Waals surface area contributed by atoms with Gasteiger partial charge in [0.15, 0.2) is 0 Å². The lowest BCUT2D eigenvalue weighted by Gasteiger charge is -2.19. The van der Waals surface area contributed by atoms with Gasteiger partial charge in [0.2, 0.25) is 5.91 Å². The summed E-state index contributed by atoms with van der Waals surface area (Å²) in [6, 6.07) is 5.34. The van der Waals surface area contributed by atoms with Crippen LogP contribution in [-0.4, -0.2) is 41.5 Å². The highest BCUT2D eigenvalue weighted by Gasteiger charge is 2.14. The van der Waals surface area contributed by atoms with Gasteiger partial charge in [0.25, 0.3) is 0 Å². The molecular formula is C14H19ClN2O3. The summed E-state index contributed by atoms with van der Waals surface area (Å²) >= 11 is 6.03. The quantitative estimate of drug-likeness (QED) is 0.811. The van der Waals surface area contributed by atoms with Gasteiger partial charge in [-0.1, -0.05) is 24.6 Å². The summed E-state index contributed by atoms with van der Waals surface area (Å²) < 4.78 is 0. The Morgan fingerprint density at radius 1 is 1.35 bits per heavy atom. The first-order chi connectivity index (χ1) is 9.42. The molecule has 5 nitrogen and oxygen atoms in total. The lowest BCUT2D eigenvalue weighted by molar-refractivity contribution is -0.138. The Morgan fingerprint density at radius 2 is 2.05 bits per heavy atom. The van der Waals surface area contributed by atoms with E-state index in [2.05, 4.69) is 5.32 Å². The third-order valence-corrected chi connectivity index (χ3v) is 2.98. The van der Waals surface area contributed by atoms with Gasteiger partial charge in [-0.25, -0.2) is 0 Å². The minimum atomic E-state index is -0.945. The second kappa shape index (κ2) is 7.87. The number of nitrogens with zero attached hydrogens (tertiary/aromatic N) is 1. The lowest BCUT2D eigenvalue weighted by atomic mass is 10.2. The van der Waals surface area contributed by atoms with E-state index in [1.165, 1.54) is 0 Å². The normalized spacial score (nSPS) is 10.6. The summed E-state index contributed by atoms with van der Waals surface area (Å²) in [6.07, 6.45) is 0.784. The highest BCUT2D eigenvalue weighted by atomic mass is 35.5. The third-order valence-electron chi connectivity index (χ3n) is 2.66. The van der Waals surface area contributed by atoms with E-state index in [0.717, 1.165) is 12.0 Å². The molecule has 0 aliphatic heterocycles. The van der Waals surface area contributed by atoms with E-state index in [4.69, 9.17) is 16.7 Å². The number of amides is 1. The Kier molecular flexibility index (Phi) is 6.48. The number of carbonyl (C=O) groups excluding carboxylic acids is 1. The first kappa shape index (κ1) is 16.5. The van der Waals surface area contributed by atoms with Gasteiger partial charge < -0.3 is 10.4 Å². The van der Waals surface area contributed by atoms with Gasteiger partial charge in [0, 0.05) is 0 Å². The van der Waals surface area contributed by atoms with Crippen molar-refractivity contribution < 1.29 is 14.7 Å². The molecule has 0 aromatic heterocycles. The highest BCUT2D eigenvalue weighted by Crippen LogP contribution is 2.22. The Bertz CT molecular complexity index is 491. The largest absolute Gasteiger partial charge is 0.480 e. The van der Waals surface area contributed by atoms with Crippen molar-refractivity contribution in [2.75, 3.05) is 25.0 Å². The van der Waals surface area contributed by atoms with Crippen LogP contribution in [0.1, 0.15) is 18.9 Å². The first-order valence-corrected chi connectivity index (χ1v) is 6.80. The van der Waals surface area contributed by atoms with E-state index in [1.807, 2.05) is 19.9 Å². The summed E-state index contributed by atoms with van der Waals surface area (Å²) in [5.41, 5.74) is 1.54. The standard InChI is InChI=1S/C14H19ClN2O3/c1-3-6-17(9-14(19)20)8-13(18)16-12-5-4-10(2)7-11(12)15/h4-5,7H,3,6,8-9H2,1-2H3,(H,16,18)(H,19,20). The molecule has 1 rings (SSSR count). The number of carboxylic acid groups (broad SMARTS) is 1. The number of halogens is 1. The van der Waals surface area contributed by atoms with E-state index in [0.29, 0.717) is 17.3 Å². The minimum Gasteiger partial charge on any atom is -0.480 e. The number of carboxylic acids is 1. The van der Waals surface area contributed by atoms with Gasteiger partial charge >= 0.3 is 5.97 Å². The molecular weight excluding hydrogens is 280 g/mol. The lowest BCUT2D eigenvalue weighted by Crippen LogP contribution is -2.37. The van der Waals surface area contributed by atoms with Crippen molar-refractivity contribution in [3.05, 3.63) is 28.8 Å². The summed E-state index contributed by atoms with van der Waals surface area (Å²) in [5.74, 6) is -1.22. The second-order valence-electron chi connectivity index (χ2n) is 4.64. The maximum atomic E-state index is 11.9.